The van der Waals surface area contributed by atoms with Crippen LogP contribution in [-0.4, -0.2) is 17.0 Å². The van der Waals surface area contributed by atoms with Gasteiger partial charge >= 0.3 is 5.97 Å². The standard InChI is InChI=1S/C10H5Br2NO3S2/c11-6-3-4(8(12)18-6)9(14)13-7-2-1-5(17-7)10(15)16/h1-3H,(H,13,14)(H,15,16). The molecule has 0 bridgehead atoms. The average molecular weight is 411 g/mol. The zero-order valence-electron chi connectivity index (χ0n) is 8.57. The predicted octanol–water partition coefficient (Wildman–Crippen LogP) is 4.29. The molecule has 0 aromatic carbocycles. The van der Waals surface area contributed by atoms with Crippen molar-refractivity contribution in [3.8, 4) is 0 Å². The highest BCUT2D eigenvalue weighted by atomic mass is 79.9. The highest BCUT2D eigenvalue weighted by Gasteiger charge is 2.15. The van der Waals surface area contributed by atoms with Crippen LogP contribution in [0.1, 0.15) is 20.0 Å². The van der Waals surface area contributed by atoms with Gasteiger partial charge in [0.05, 0.1) is 18.1 Å². The molecule has 2 rings (SSSR count). The third-order valence-corrected chi connectivity index (χ3v) is 5.28. The Morgan fingerprint density at radius 3 is 2.44 bits per heavy atom. The molecule has 2 aromatic rings. The second-order valence-electron chi connectivity index (χ2n) is 3.16. The van der Waals surface area contributed by atoms with Crippen molar-refractivity contribution in [1.82, 2.24) is 0 Å². The maximum Gasteiger partial charge on any atom is 0.345 e. The van der Waals surface area contributed by atoms with Gasteiger partial charge in [-0.2, -0.15) is 0 Å². The lowest BCUT2D eigenvalue weighted by atomic mass is 10.3. The van der Waals surface area contributed by atoms with E-state index >= 15 is 0 Å². The van der Waals surface area contributed by atoms with E-state index in [2.05, 4.69) is 37.2 Å². The molecule has 0 saturated carbocycles. The first kappa shape index (κ1) is 13.7. The average Bonchev–Trinajstić information content (AvgIpc) is 2.85. The van der Waals surface area contributed by atoms with Crippen LogP contribution in [0.5, 0.6) is 0 Å². The van der Waals surface area contributed by atoms with Gasteiger partial charge in [-0.05, 0) is 50.1 Å². The normalized spacial score (nSPS) is 10.3. The molecule has 0 radical (unpaired) electrons. The van der Waals surface area contributed by atoms with E-state index in [1.54, 1.807) is 12.1 Å². The van der Waals surface area contributed by atoms with E-state index < -0.39 is 5.97 Å². The van der Waals surface area contributed by atoms with E-state index in [1.807, 2.05) is 0 Å². The molecular weight excluding hydrogens is 406 g/mol. The second-order valence-corrected chi connectivity index (χ2v) is 7.99. The molecule has 0 fully saturated rings. The van der Waals surface area contributed by atoms with Crippen LogP contribution in [0.2, 0.25) is 0 Å². The van der Waals surface area contributed by atoms with E-state index in [-0.39, 0.29) is 10.8 Å². The van der Waals surface area contributed by atoms with Crippen molar-refractivity contribution in [3.05, 3.63) is 36.2 Å². The fraction of sp³-hybridized carbons (Fsp3) is 0. The van der Waals surface area contributed by atoms with Crippen molar-refractivity contribution in [1.29, 1.82) is 0 Å². The number of carbonyl (C=O) groups is 2. The van der Waals surface area contributed by atoms with Gasteiger partial charge in [-0.15, -0.1) is 22.7 Å². The second kappa shape index (κ2) is 5.52. The number of carboxylic acids is 1. The van der Waals surface area contributed by atoms with Gasteiger partial charge < -0.3 is 10.4 Å². The summed E-state index contributed by atoms with van der Waals surface area (Å²) in [6.07, 6.45) is 0. The van der Waals surface area contributed by atoms with Crippen LogP contribution in [0.3, 0.4) is 0 Å². The van der Waals surface area contributed by atoms with Crippen molar-refractivity contribution in [2.24, 2.45) is 0 Å². The van der Waals surface area contributed by atoms with Crippen LogP contribution >= 0.6 is 54.5 Å². The first-order valence-electron chi connectivity index (χ1n) is 4.56. The van der Waals surface area contributed by atoms with Crippen molar-refractivity contribution in [2.75, 3.05) is 5.32 Å². The molecule has 2 N–H and O–H groups in total. The van der Waals surface area contributed by atoms with Gasteiger partial charge in [-0.25, -0.2) is 4.79 Å². The lowest BCUT2D eigenvalue weighted by molar-refractivity contribution is 0.0702. The molecule has 18 heavy (non-hydrogen) atoms. The summed E-state index contributed by atoms with van der Waals surface area (Å²) in [5.74, 6) is -1.28. The quantitative estimate of drug-likeness (QED) is 0.793. The number of nitrogens with one attached hydrogen (secondary N) is 1. The number of aromatic carboxylic acids is 1. The highest BCUT2D eigenvalue weighted by molar-refractivity contribution is 9.12. The van der Waals surface area contributed by atoms with Gasteiger partial charge in [0.25, 0.3) is 5.91 Å². The molecule has 0 aliphatic rings. The van der Waals surface area contributed by atoms with Crippen molar-refractivity contribution in [2.45, 2.75) is 0 Å². The summed E-state index contributed by atoms with van der Waals surface area (Å²) in [6.45, 7) is 0. The Labute approximate surface area is 127 Å². The van der Waals surface area contributed by atoms with Gasteiger partial charge in [0.2, 0.25) is 0 Å². The minimum atomic E-state index is -1.00. The molecule has 1 amide bonds. The number of anilines is 1. The first-order chi connectivity index (χ1) is 8.47. The van der Waals surface area contributed by atoms with Crippen LogP contribution in [-0.2, 0) is 0 Å². The SMILES string of the molecule is O=C(O)c1ccc(NC(=O)c2cc(Br)sc2Br)s1. The Morgan fingerprint density at radius 1 is 1.22 bits per heavy atom. The summed E-state index contributed by atoms with van der Waals surface area (Å²) in [5, 5.41) is 11.9. The van der Waals surface area contributed by atoms with Crippen LogP contribution in [0.25, 0.3) is 0 Å². The summed E-state index contributed by atoms with van der Waals surface area (Å²) in [6, 6.07) is 4.73. The molecule has 0 aliphatic heterocycles. The number of rotatable bonds is 3. The number of hydrogen-bond acceptors (Lipinski definition) is 4. The molecule has 0 atom stereocenters. The van der Waals surface area contributed by atoms with Gasteiger partial charge in [0.1, 0.15) is 4.88 Å². The number of thiophene rings is 2. The van der Waals surface area contributed by atoms with Gasteiger partial charge in [0, 0.05) is 0 Å². The maximum absolute atomic E-state index is 11.9. The van der Waals surface area contributed by atoms with E-state index in [4.69, 9.17) is 5.11 Å². The molecule has 0 saturated heterocycles. The van der Waals surface area contributed by atoms with Gasteiger partial charge in [-0.1, -0.05) is 0 Å². The third kappa shape index (κ3) is 3.00. The molecular formula is C10H5Br2NO3S2. The summed E-state index contributed by atoms with van der Waals surface area (Å²) < 4.78 is 1.57. The first-order valence-corrected chi connectivity index (χ1v) is 7.78. The molecule has 0 aliphatic carbocycles. The van der Waals surface area contributed by atoms with Crippen molar-refractivity contribution >= 4 is 71.4 Å². The minimum absolute atomic E-state index is 0.191. The molecule has 0 unspecified atom stereocenters. The fourth-order valence-electron chi connectivity index (χ4n) is 1.19. The summed E-state index contributed by atoms with van der Waals surface area (Å²) in [5.41, 5.74) is 0.511. The molecule has 2 aromatic heterocycles. The van der Waals surface area contributed by atoms with E-state index in [1.165, 1.54) is 17.4 Å². The molecule has 0 spiro atoms. The van der Waals surface area contributed by atoms with Crippen LogP contribution < -0.4 is 5.32 Å². The smallest absolute Gasteiger partial charge is 0.345 e. The summed E-state index contributed by atoms with van der Waals surface area (Å²) in [7, 11) is 0. The largest absolute Gasteiger partial charge is 0.477 e. The highest BCUT2D eigenvalue weighted by Crippen LogP contribution is 2.32. The monoisotopic (exact) mass is 409 g/mol. The van der Waals surface area contributed by atoms with Crippen molar-refractivity contribution < 1.29 is 14.7 Å². The third-order valence-electron chi connectivity index (χ3n) is 1.95. The predicted molar refractivity (Wildman–Crippen MR) is 79.0 cm³/mol. The van der Waals surface area contributed by atoms with E-state index in [9.17, 15) is 9.59 Å². The number of carboxylic acid groups (broad SMARTS) is 1. The van der Waals surface area contributed by atoms with Crippen molar-refractivity contribution in [3.63, 3.8) is 0 Å². The Bertz CT molecular complexity index is 620. The van der Waals surface area contributed by atoms with Gasteiger partial charge in [0.15, 0.2) is 0 Å². The topological polar surface area (TPSA) is 66.4 Å². The van der Waals surface area contributed by atoms with E-state index in [0.717, 1.165) is 18.9 Å². The maximum atomic E-state index is 11.9. The number of carbonyl (C=O) groups excluding carboxylic acids is 1. The lowest BCUT2D eigenvalue weighted by Gasteiger charge is -2.00. The number of amides is 1. The lowest BCUT2D eigenvalue weighted by Crippen LogP contribution is -2.10. The molecule has 4 nitrogen and oxygen atoms in total. The van der Waals surface area contributed by atoms with Crippen LogP contribution in [0, 0.1) is 0 Å². The summed E-state index contributed by atoms with van der Waals surface area (Å²) in [4.78, 5) is 22.8. The molecule has 2 heterocycles. The Kier molecular flexibility index (Phi) is 4.21. The Balaban J connectivity index is 2.16. The Morgan fingerprint density at radius 2 is 1.94 bits per heavy atom. The molecule has 94 valence electrons. The van der Waals surface area contributed by atoms with Gasteiger partial charge in [-0.3, -0.25) is 4.79 Å². The minimum Gasteiger partial charge on any atom is -0.477 e. The Hall–Kier alpha value is -0.700. The zero-order valence-corrected chi connectivity index (χ0v) is 13.4. The zero-order chi connectivity index (χ0) is 13.3. The van der Waals surface area contributed by atoms with Crippen LogP contribution in [0.15, 0.2) is 25.8 Å². The number of hydrogen-bond donors (Lipinski definition) is 2. The summed E-state index contributed by atoms with van der Waals surface area (Å²) >= 11 is 9.01. The fourth-order valence-corrected chi connectivity index (χ4v) is 4.73. The molecule has 8 heteroatoms. The van der Waals surface area contributed by atoms with E-state index in [0.29, 0.717) is 10.6 Å². The number of halogens is 2. The van der Waals surface area contributed by atoms with Crippen LogP contribution in [0.4, 0.5) is 5.00 Å².